The van der Waals surface area contributed by atoms with Gasteiger partial charge in [-0.25, -0.2) is 9.79 Å². The molecule has 1 aromatic carbocycles. The van der Waals surface area contributed by atoms with E-state index in [0.29, 0.717) is 5.75 Å². The van der Waals surface area contributed by atoms with Gasteiger partial charge in [0.05, 0.1) is 12.7 Å². The molecule has 0 radical (unpaired) electrons. The van der Waals surface area contributed by atoms with Crippen molar-refractivity contribution in [3.8, 4) is 5.75 Å². The molecule has 0 heterocycles. The van der Waals surface area contributed by atoms with Crippen LogP contribution in [-0.2, 0) is 0 Å². The Kier molecular flexibility index (Phi) is 4.08. The standard InChI is InChI=1S/C10H13N5O3/c1-18-7-3-2-5(8(16)17)4-6(7)14-10(13)15-9(11)12/h2-4H,1H3,(H,16,17)(H6,11,12,13,14,15). The molecule has 0 bridgehead atoms. The van der Waals surface area contributed by atoms with E-state index in [4.69, 9.17) is 27.0 Å². The van der Waals surface area contributed by atoms with E-state index in [-0.39, 0.29) is 23.2 Å². The molecule has 0 saturated heterocycles. The average molecular weight is 251 g/mol. The minimum atomic E-state index is -1.09. The first-order chi connectivity index (χ1) is 8.43. The quantitative estimate of drug-likeness (QED) is 0.424. The third-order valence-corrected chi connectivity index (χ3v) is 1.90. The van der Waals surface area contributed by atoms with Crippen LogP contribution in [0.2, 0.25) is 0 Å². The van der Waals surface area contributed by atoms with E-state index < -0.39 is 5.97 Å². The Morgan fingerprint density at radius 3 is 2.50 bits per heavy atom. The third-order valence-electron chi connectivity index (χ3n) is 1.90. The number of nitrogens with zero attached hydrogens (tertiary/aromatic N) is 2. The number of benzene rings is 1. The summed E-state index contributed by atoms with van der Waals surface area (Å²) in [5, 5.41) is 8.86. The van der Waals surface area contributed by atoms with Gasteiger partial charge >= 0.3 is 5.97 Å². The van der Waals surface area contributed by atoms with Gasteiger partial charge in [0.15, 0.2) is 5.96 Å². The fraction of sp³-hybridized carbons (Fsp3) is 0.100. The minimum Gasteiger partial charge on any atom is -0.494 e. The van der Waals surface area contributed by atoms with Crippen molar-refractivity contribution in [2.75, 3.05) is 7.11 Å². The van der Waals surface area contributed by atoms with Gasteiger partial charge in [0, 0.05) is 0 Å². The Balaban J connectivity index is 3.24. The summed E-state index contributed by atoms with van der Waals surface area (Å²) in [5.41, 5.74) is 16.0. The minimum absolute atomic E-state index is 0.0482. The van der Waals surface area contributed by atoms with Gasteiger partial charge in [0.1, 0.15) is 11.4 Å². The Morgan fingerprint density at radius 2 is 2.00 bits per heavy atom. The van der Waals surface area contributed by atoms with Gasteiger partial charge in [-0.05, 0) is 18.2 Å². The maximum atomic E-state index is 10.8. The molecule has 7 N–H and O–H groups in total. The number of aromatic carboxylic acids is 1. The summed E-state index contributed by atoms with van der Waals surface area (Å²) in [6.07, 6.45) is 0. The second kappa shape index (κ2) is 5.53. The molecule has 1 rings (SSSR count). The number of nitrogens with two attached hydrogens (primary N) is 3. The maximum Gasteiger partial charge on any atom is 0.335 e. The predicted molar refractivity (Wildman–Crippen MR) is 67.0 cm³/mol. The SMILES string of the molecule is COc1ccc(C(=O)O)cc1N=C(N)N=C(N)N. The largest absolute Gasteiger partial charge is 0.494 e. The summed E-state index contributed by atoms with van der Waals surface area (Å²) >= 11 is 0. The van der Waals surface area contributed by atoms with E-state index in [1.165, 1.54) is 25.3 Å². The number of ether oxygens (including phenoxy) is 1. The number of carboxylic acids is 1. The van der Waals surface area contributed by atoms with E-state index in [1.54, 1.807) is 0 Å². The van der Waals surface area contributed by atoms with Gasteiger partial charge in [-0.15, -0.1) is 0 Å². The molecule has 0 fully saturated rings. The molecule has 0 aliphatic rings. The zero-order valence-electron chi connectivity index (χ0n) is 9.62. The summed E-state index contributed by atoms with van der Waals surface area (Å²) in [7, 11) is 1.42. The lowest BCUT2D eigenvalue weighted by Crippen LogP contribution is -2.26. The number of hydrogen-bond donors (Lipinski definition) is 4. The second-order valence-corrected chi connectivity index (χ2v) is 3.20. The lowest BCUT2D eigenvalue weighted by molar-refractivity contribution is 0.0697. The molecule has 18 heavy (non-hydrogen) atoms. The number of hydrogen-bond acceptors (Lipinski definition) is 3. The molecule has 0 aliphatic carbocycles. The molecule has 96 valence electrons. The van der Waals surface area contributed by atoms with Crippen molar-refractivity contribution in [2.24, 2.45) is 27.2 Å². The van der Waals surface area contributed by atoms with Crippen LogP contribution in [0.1, 0.15) is 10.4 Å². The van der Waals surface area contributed by atoms with Crippen molar-refractivity contribution >= 4 is 23.6 Å². The van der Waals surface area contributed by atoms with Crippen LogP contribution in [0.3, 0.4) is 0 Å². The van der Waals surface area contributed by atoms with Crippen LogP contribution in [0.4, 0.5) is 5.69 Å². The van der Waals surface area contributed by atoms with Crippen molar-refractivity contribution in [3.05, 3.63) is 23.8 Å². The molecular weight excluding hydrogens is 238 g/mol. The fourth-order valence-electron chi connectivity index (χ4n) is 1.19. The third kappa shape index (κ3) is 3.37. The van der Waals surface area contributed by atoms with Crippen molar-refractivity contribution < 1.29 is 14.6 Å². The smallest absolute Gasteiger partial charge is 0.335 e. The lowest BCUT2D eigenvalue weighted by Gasteiger charge is -2.05. The number of carboxylic acid groups (broad SMARTS) is 1. The van der Waals surface area contributed by atoms with E-state index in [0.717, 1.165) is 0 Å². The average Bonchev–Trinajstić information content (AvgIpc) is 2.27. The molecule has 0 spiro atoms. The zero-order valence-corrected chi connectivity index (χ0v) is 9.62. The molecule has 1 aromatic rings. The fourth-order valence-corrected chi connectivity index (χ4v) is 1.19. The van der Waals surface area contributed by atoms with Crippen LogP contribution in [0.15, 0.2) is 28.2 Å². The van der Waals surface area contributed by atoms with E-state index >= 15 is 0 Å². The first-order valence-corrected chi connectivity index (χ1v) is 4.79. The molecule has 0 aromatic heterocycles. The van der Waals surface area contributed by atoms with Crippen LogP contribution in [-0.4, -0.2) is 30.1 Å². The van der Waals surface area contributed by atoms with Crippen LogP contribution in [0.5, 0.6) is 5.75 Å². The van der Waals surface area contributed by atoms with Crippen molar-refractivity contribution in [3.63, 3.8) is 0 Å². The highest BCUT2D eigenvalue weighted by molar-refractivity contribution is 5.95. The molecule has 0 atom stereocenters. The van der Waals surface area contributed by atoms with Gasteiger partial charge < -0.3 is 27.0 Å². The Bertz CT molecular complexity index is 520. The Hall–Kier alpha value is -2.77. The summed E-state index contributed by atoms with van der Waals surface area (Å²) in [4.78, 5) is 18.2. The molecule has 0 unspecified atom stereocenters. The summed E-state index contributed by atoms with van der Waals surface area (Å²) in [6.45, 7) is 0. The highest BCUT2D eigenvalue weighted by Gasteiger charge is 2.08. The van der Waals surface area contributed by atoms with E-state index in [2.05, 4.69) is 9.98 Å². The monoisotopic (exact) mass is 251 g/mol. The summed E-state index contributed by atoms with van der Waals surface area (Å²) < 4.78 is 5.02. The molecule has 8 heteroatoms. The number of guanidine groups is 2. The topological polar surface area (TPSA) is 149 Å². The van der Waals surface area contributed by atoms with Gasteiger partial charge in [-0.1, -0.05) is 0 Å². The predicted octanol–water partition coefficient (Wildman–Crippen LogP) is -0.387. The van der Waals surface area contributed by atoms with E-state index in [1.807, 2.05) is 0 Å². The first kappa shape index (κ1) is 13.3. The normalized spacial score (nSPS) is 10.8. The van der Waals surface area contributed by atoms with Crippen molar-refractivity contribution in [2.45, 2.75) is 0 Å². The number of carbonyl (C=O) groups is 1. The van der Waals surface area contributed by atoms with Crippen molar-refractivity contribution in [1.82, 2.24) is 0 Å². The van der Waals surface area contributed by atoms with Gasteiger partial charge in [0.25, 0.3) is 0 Å². The second-order valence-electron chi connectivity index (χ2n) is 3.20. The number of methoxy groups -OCH3 is 1. The molecular formula is C10H13N5O3. The van der Waals surface area contributed by atoms with Crippen LogP contribution < -0.4 is 21.9 Å². The van der Waals surface area contributed by atoms with Crippen LogP contribution in [0.25, 0.3) is 0 Å². The highest BCUT2D eigenvalue weighted by atomic mass is 16.5. The summed E-state index contributed by atoms with van der Waals surface area (Å²) in [5.74, 6) is -1.18. The number of aliphatic imine (C=N–C) groups is 2. The van der Waals surface area contributed by atoms with Crippen LogP contribution in [0, 0.1) is 0 Å². The maximum absolute atomic E-state index is 10.8. The molecule has 0 aliphatic heterocycles. The first-order valence-electron chi connectivity index (χ1n) is 4.79. The molecule has 0 saturated carbocycles. The van der Waals surface area contributed by atoms with E-state index in [9.17, 15) is 4.79 Å². The summed E-state index contributed by atoms with van der Waals surface area (Å²) in [6, 6.07) is 4.15. The molecule has 8 nitrogen and oxygen atoms in total. The van der Waals surface area contributed by atoms with Crippen molar-refractivity contribution in [1.29, 1.82) is 0 Å². The van der Waals surface area contributed by atoms with Gasteiger partial charge in [-0.2, -0.15) is 4.99 Å². The Morgan fingerprint density at radius 1 is 1.33 bits per heavy atom. The van der Waals surface area contributed by atoms with Gasteiger partial charge in [-0.3, -0.25) is 0 Å². The Labute approximate surface area is 103 Å². The number of rotatable bonds is 3. The van der Waals surface area contributed by atoms with Gasteiger partial charge in [0.2, 0.25) is 5.96 Å². The van der Waals surface area contributed by atoms with Crippen LogP contribution >= 0.6 is 0 Å². The highest BCUT2D eigenvalue weighted by Crippen LogP contribution is 2.28. The zero-order chi connectivity index (χ0) is 13.7. The molecule has 0 amide bonds. The lowest BCUT2D eigenvalue weighted by atomic mass is 10.2.